The maximum atomic E-state index is 11.8. The van der Waals surface area contributed by atoms with E-state index in [1.807, 2.05) is 12.1 Å². The van der Waals surface area contributed by atoms with E-state index in [4.69, 9.17) is 4.42 Å². The van der Waals surface area contributed by atoms with Gasteiger partial charge in [-0.15, -0.1) is 0 Å². The van der Waals surface area contributed by atoms with E-state index in [1.165, 1.54) is 0 Å². The van der Waals surface area contributed by atoms with Gasteiger partial charge in [-0.25, -0.2) is 4.79 Å². The van der Waals surface area contributed by atoms with Crippen molar-refractivity contribution >= 4 is 21.7 Å². The summed E-state index contributed by atoms with van der Waals surface area (Å²) in [5.41, 5.74) is 0.941. The van der Waals surface area contributed by atoms with Crippen LogP contribution in [-0.4, -0.2) is 5.11 Å². The lowest BCUT2D eigenvalue weighted by molar-refractivity contribution is 0.474. The molecule has 0 aliphatic heterocycles. The molecule has 17 heavy (non-hydrogen) atoms. The first-order valence-electron chi connectivity index (χ1n) is 5.32. The van der Waals surface area contributed by atoms with Crippen LogP contribution in [0.3, 0.4) is 0 Å². The molecule has 0 unspecified atom stereocenters. The Bertz CT molecular complexity index is 784. The second-order valence-corrected chi connectivity index (χ2v) is 4.07. The zero-order valence-corrected chi connectivity index (χ0v) is 9.23. The van der Waals surface area contributed by atoms with Gasteiger partial charge < -0.3 is 9.52 Å². The lowest BCUT2D eigenvalue weighted by Crippen LogP contribution is -2.00. The summed E-state index contributed by atoms with van der Waals surface area (Å²) >= 11 is 0. The monoisotopic (exact) mass is 226 g/mol. The molecule has 3 heteroatoms. The van der Waals surface area contributed by atoms with E-state index >= 15 is 0 Å². The molecule has 0 saturated heterocycles. The highest BCUT2D eigenvalue weighted by Crippen LogP contribution is 2.28. The fourth-order valence-electron chi connectivity index (χ4n) is 2.13. The summed E-state index contributed by atoms with van der Waals surface area (Å²) < 4.78 is 5.29. The molecule has 1 N–H and O–H groups in total. The Labute approximate surface area is 96.9 Å². The smallest absolute Gasteiger partial charge is 0.344 e. The van der Waals surface area contributed by atoms with Gasteiger partial charge in [0.2, 0.25) is 0 Å². The summed E-state index contributed by atoms with van der Waals surface area (Å²) in [6.07, 6.45) is 0. The summed E-state index contributed by atoms with van der Waals surface area (Å²) in [6.45, 7) is 1.81. The van der Waals surface area contributed by atoms with Gasteiger partial charge in [-0.05, 0) is 30.7 Å². The Morgan fingerprint density at radius 2 is 1.76 bits per heavy atom. The summed E-state index contributed by atoms with van der Waals surface area (Å²) in [5.74, 6) is 0.175. The predicted octanol–water partition coefficient (Wildman–Crippen LogP) is 2.96. The largest absolute Gasteiger partial charge is 0.508 e. The Morgan fingerprint density at radius 1 is 1.06 bits per heavy atom. The van der Waals surface area contributed by atoms with E-state index in [0.717, 1.165) is 16.3 Å². The molecule has 0 radical (unpaired) electrons. The highest BCUT2D eigenvalue weighted by atomic mass is 16.4. The molecule has 0 aliphatic rings. The van der Waals surface area contributed by atoms with E-state index in [2.05, 4.69) is 0 Å². The van der Waals surface area contributed by atoms with Gasteiger partial charge >= 0.3 is 5.63 Å². The molecule has 0 fully saturated rings. The standard InChI is InChI=1S/C14H10O3/c1-8-6-9(15)7-12-10-4-2-3-5-11(10)14(16)17-13(8)12/h2-7,15H,1H3. The van der Waals surface area contributed by atoms with Crippen LogP contribution in [0.15, 0.2) is 45.6 Å². The SMILES string of the molecule is Cc1cc(O)cc2c1oc(=O)c1ccccc12. The average Bonchev–Trinajstić information content (AvgIpc) is 2.31. The van der Waals surface area contributed by atoms with Crippen LogP contribution in [0.1, 0.15) is 5.56 Å². The first kappa shape index (κ1) is 9.90. The van der Waals surface area contributed by atoms with Crippen molar-refractivity contribution in [1.82, 2.24) is 0 Å². The number of phenols is 1. The molecule has 3 aromatic rings. The highest BCUT2D eigenvalue weighted by Gasteiger charge is 2.09. The van der Waals surface area contributed by atoms with E-state index in [1.54, 1.807) is 31.2 Å². The summed E-state index contributed by atoms with van der Waals surface area (Å²) in [7, 11) is 0. The third kappa shape index (κ3) is 1.40. The van der Waals surface area contributed by atoms with Gasteiger partial charge in [0.05, 0.1) is 5.39 Å². The van der Waals surface area contributed by atoms with Crippen LogP contribution in [0.2, 0.25) is 0 Å². The van der Waals surface area contributed by atoms with Crippen LogP contribution in [0.5, 0.6) is 5.75 Å². The van der Waals surface area contributed by atoms with Gasteiger partial charge in [-0.1, -0.05) is 18.2 Å². The molecule has 0 saturated carbocycles. The Hall–Kier alpha value is -2.29. The summed E-state index contributed by atoms with van der Waals surface area (Å²) in [6, 6.07) is 10.4. The quantitative estimate of drug-likeness (QED) is 0.473. The van der Waals surface area contributed by atoms with Crippen LogP contribution in [0.4, 0.5) is 0 Å². The molecule has 0 aliphatic carbocycles. The van der Waals surface area contributed by atoms with Crippen molar-refractivity contribution < 1.29 is 9.52 Å². The first-order valence-corrected chi connectivity index (χ1v) is 5.32. The molecule has 0 bridgehead atoms. The van der Waals surface area contributed by atoms with Crippen LogP contribution in [0.25, 0.3) is 21.7 Å². The van der Waals surface area contributed by atoms with Crippen molar-refractivity contribution in [3.8, 4) is 5.75 Å². The van der Waals surface area contributed by atoms with Gasteiger partial charge in [-0.2, -0.15) is 0 Å². The zero-order chi connectivity index (χ0) is 12.0. The number of hydrogen-bond acceptors (Lipinski definition) is 3. The molecule has 84 valence electrons. The molecule has 0 atom stereocenters. The number of hydrogen-bond donors (Lipinski definition) is 1. The van der Waals surface area contributed by atoms with E-state index < -0.39 is 0 Å². The molecule has 1 heterocycles. The fraction of sp³-hybridized carbons (Fsp3) is 0.0714. The molecule has 2 aromatic carbocycles. The third-order valence-electron chi connectivity index (χ3n) is 2.89. The highest BCUT2D eigenvalue weighted by molar-refractivity contribution is 6.05. The summed E-state index contributed by atoms with van der Waals surface area (Å²) in [4.78, 5) is 11.8. The fourth-order valence-corrected chi connectivity index (χ4v) is 2.13. The summed E-state index contributed by atoms with van der Waals surface area (Å²) in [5, 5.41) is 11.7. The maximum absolute atomic E-state index is 11.8. The third-order valence-corrected chi connectivity index (χ3v) is 2.89. The number of benzene rings is 2. The Kier molecular flexibility index (Phi) is 1.95. The van der Waals surface area contributed by atoms with Gasteiger partial charge in [0.1, 0.15) is 11.3 Å². The molecular formula is C14H10O3. The maximum Gasteiger partial charge on any atom is 0.344 e. The number of aromatic hydroxyl groups is 1. The van der Waals surface area contributed by atoms with Crippen molar-refractivity contribution in [2.75, 3.05) is 0 Å². The topological polar surface area (TPSA) is 50.4 Å². The number of rotatable bonds is 0. The van der Waals surface area contributed by atoms with Crippen molar-refractivity contribution in [3.63, 3.8) is 0 Å². The molecule has 0 spiro atoms. The minimum Gasteiger partial charge on any atom is -0.508 e. The molecular weight excluding hydrogens is 216 g/mol. The average molecular weight is 226 g/mol. The molecule has 0 amide bonds. The second-order valence-electron chi connectivity index (χ2n) is 4.07. The van der Waals surface area contributed by atoms with Crippen LogP contribution < -0.4 is 5.63 Å². The number of aryl methyl sites for hydroxylation is 1. The van der Waals surface area contributed by atoms with Gasteiger partial charge in [0, 0.05) is 10.8 Å². The van der Waals surface area contributed by atoms with Crippen molar-refractivity contribution in [1.29, 1.82) is 0 Å². The number of fused-ring (bicyclic) bond motifs is 3. The predicted molar refractivity (Wildman–Crippen MR) is 66.4 cm³/mol. The van der Waals surface area contributed by atoms with Gasteiger partial charge in [-0.3, -0.25) is 0 Å². The van der Waals surface area contributed by atoms with E-state index in [9.17, 15) is 9.90 Å². The van der Waals surface area contributed by atoms with Crippen LogP contribution in [-0.2, 0) is 0 Å². The minimum absolute atomic E-state index is 0.175. The minimum atomic E-state index is -0.345. The van der Waals surface area contributed by atoms with Gasteiger partial charge in [0.15, 0.2) is 0 Å². The van der Waals surface area contributed by atoms with Crippen LogP contribution >= 0.6 is 0 Å². The van der Waals surface area contributed by atoms with E-state index in [0.29, 0.717) is 11.0 Å². The molecule has 3 rings (SSSR count). The Morgan fingerprint density at radius 3 is 2.53 bits per heavy atom. The van der Waals surface area contributed by atoms with Crippen molar-refractivity contribution in [3.05, 3.63) is 52.4 Å². The number of phenolic OH excluding ortho intramolecular Hbond substituents is 1. The zero-order valence-electron chi connectivity index (χ0n) is 9.23. The normalized spacial score (nSPS) is 11.1. The molecule has 3 nitrogen and oxygen atoms in total. The van der Waals surface area contributed by atoms with Crippen molar-refractivity contribution in [2.45, 2.75) is 6.92 Å². The first-order chi connectivity index (χ1) is 8.16. The molecule has 1 aromatic heterocycles. The lowest BCUT2D eigenvalue weighted by Gasteiger charge is -2.05. The van der Waals surface area contributed by atoms with Crippen molar-refractivity contribution in [2.24, 2.45) is 0 Å². The Balaban J connectivity index is 2.68. The lowest BCUT2D eigenvalue weighted by atomic mass is 10.1. The van der Waals surface area contributed by atoms with Gasteiger partial charge in [0.25, 0.3) is 0 Å². The second kappa shape index (κ2) is 3.35. The van der Waals surface area contributed by atoms with E-state index in [-0.39, 0.29) is 11.4 Å². The van der Waals surface area contributed by atoms with Crippen LogP contribution in [0, 0.1) is 6.92 Å².